The number of amides is 3. The van der Waals surface area contributed by atoms with Crippen molar-refractivity contribution in [3.05, 3.63) is 94.8 Å². The Kier molecular flexibility index (Phi) is 7.35. The van der Waals surface area contributed by atoms with Crippen LogP contribution >= 0.6 is 0 Å². The number of ether oxygens (including phenoxy) is 1. The molecule has 0 saturated heterocycles. The maximum absolute atomic E-state index is 14.3. The Morgan fingerprint density at radius 3 is 2.42 bits per heavy atom. The van der Waals surface area contributed by atoms with Crippen LogP contribution in [-0.4, -0.2) is 61.2 Å². The van der Waals surface area contributed by atoms with Gasteiger partial charge in [-0.15, -0.1) is 0 Å². The summed E-state index contributed by atoms with van der Waals surface area (Å²) >= 11 is 0. The molecule has 0 radical (unpaired) electrons. The first-order valence-electron chi connectivity index (χ1n) is 15.4. The fourth-order valence-electron chi connectivity index (χ4n) is 7.26. The summed E-state index contributed by atoms with van der Waals surface area (Å²) in [6.07, 6.45) is 4.80. The number of aryl methyl sites for hydroxylation is 1. The van der Waals surface area contributed by atoms with Crippen molar-refractivity contribution in [2.45, 2.75) is 44.8 Å². The number of aliphatic carboxylic acids is 1. The highest BCUT2D eigenvalue weighted by molar-refractivity contribution is 6.21. The molecule has 3 amide bonds. The quantitative estimate of drug-likeness (QED) is 0.301. The lowest BCUT2D eigenvalue weighted by atomic mass is 9.77. The minimum absolute atomic E-state index is 0.0597. The molecular formula is C35H34N4O6. The summed E-state index contributed by atoms with van der Waals surface area (Å²) in [7, 11) is 1.94. The van der Waals surface area contributed by atoms with E-state index in [9.17, 15) is 24.3 Å². The molecule has 1 aliphatic carbocycles. The number of imide groups is 1. The molecule has 7 rings (SSSR count). The molecule has 3 aromatic carbocycles. The van der Waals surface area contributed by atoms with E-state index in [1.165, 1.54) is 4.90 Å². The molecule has 0 spiro atoms. The molecule has 2 aliphatic heterocycles. The van der Waals surface area contributed by atoms with Crippen molar-refractivity contribution in [2.75, 3.05) is 13.1 Å². The van der Waals surface area contributed by atoms with Crippen LogP contribution in [0.25, 0.3) is 11.0 Å². The first-order chi connectivity index (χ1) is 21.8. The van der Waals surface area contributed by atoms with Gasteiger partial charge >= 0.3 is 5.97 Å². The summed E-state index contributed by atoms with van der Waals surface area (Å²) in [5, 5.41) is 9.97. The first kappa shape index (κ1) is 28.8. The largest absolute Gasteiger partial charge is 0.489 e. The fourth-order valence-corrected chi connectivity index (χ4v) is 7.26. The normalized spacial score (nSPS) is 21.1. The van der Waals surface area contributed by atoms with E-state index in [-0.39, 0.29) is 19.1 Å². The Morgan fingerprint density at radius 2 is 1.69 bits per heavy atom. The van der Waals surface area contributed by atoms with E-state index in [1.54, 1.807) is 35.5 Å². The molecule has 1 aromatic heterocycles. The van der Waals surface area contributed by atoms with Crippen molar-refractivity contribution < 1.29 is 29.0 Å². The van der Waals surface area contributed by atoms with Crippen LogP contribution in [0.15, 0.2) is 67.0 Å². The van der Waals surface area contributed by atoms with Crippen LogP contribution in [0.4, 0.5) is 0 Å². The van der Waals surface area contributed by atoms with Gasteiger partial charge in [-0.05, 0) is 60.7 Å². The SMILES string of the molecule is Cn1cnc2cc(COc3cccc4c3[C@@H](CN3C(=O)c5ccccc5C3=O)N(C(=O)[C@@H]3CCCC[C@@H]3C(=O)O)CC4)ccc21. The summed E-state index contributed by atoms with van der Waals surface area (Å²) in [6.45, 7) is 0.540. The highest BCUT2D eigenvalue weighted by atomic mass is 16.5. The number of carboxylic acids is 1. The van der Waals surface area contributed by atoms with E-state index in [4.69, 9.17) is 4.74 Å². The monoisotopic (exact) mass is 606 g/mol. The predicted octanol–water partition coefficient (Wildman–Crippen LogP) is 4.77. The minimum Gasteiger partial charge on any atom is -0.489 e. The van der Waals surface area contributed by atoms with Crippen molar-refractivity contribution in [2.24, 2.45) is 18.9 Å². The van der Waals surface area contributed by atoms with Crippen molar-refractivity contribution >= 4 is 34.7 Å². The zero-order chi connectivity index (χ0) is 31.2. The second-order valence-electron chi connectivity index (χ2n) is 12.2. The van der Waals surface area contributed by atoms with E-state index in [2.05, 4.69) is 4.98 Å². The van der Waals surface area contributed by atoms with Crippen LogP contribution in [0.3, 0.4) is 0 Å². The topological polar surface area (TPSA) is 122 Å². The molecule has 1 N–H and O–H groups in total. The van der Waals surface area contributed by atoms with Gasteiger partial charge in [-0.2, -0.15) is 0 Å². The Morgan fingerprint density at radius 1 is 0.956 bits per heavy atom. The maximum Gasteiger partial charge on any atom is 0.307 e. The number of hydrogen-bond acceptors (Lipinski definition) is 6. The molecular weight excluding hydrogens is 572 g/mol. The van der Waals surface area contributed by atoms with E-state index in [1.807, 2.05) is 48.0 Å². The first-order valence-corrected chi connectivity index (χ1v) is 15.4. The molecule has 10 nitrogen and oxygen atoms in total. The average molecular weight is 607 g/mol. The molecule has 1 fully saturated rings. The molecule has 230 valence electrons. The summed E-state index contributed by atoms with van der Waals surface area (Å²) < 4.78 is 8.38. The van der Waals surface area contributed by atoms with E-state index in [0.29, 0.717) is 42.7 Å². The van der Waals surface area contributed by atoms with Gasteiger partial charge in [0.1, 0.15) is 12.4 Å². The van der Waals surface area contributed by atoms with Gasteiger partial charge < -0.3 is 19.3 Å². The standard InChI is InChI=1S/C35H34N4O6/c1-37-20-36-27-17-21(13-14-28(27)37)19-45-30-12-6-7-22-15-16-38(32(40)25-10-4-5-11-26(25)35(43)44)29(31(22)30)18-39-33(41)23-8-2-3-9-24(23)34(39)42/h2-3,6-9,12-14,17,20,25-26,29H,4-5,10-11,15-16,18-19H2,1H3,(H,43,44)/t25-,26+,29-/m1/s1. The van der Waals surface area contributed by atoms with Gasteiger partial charge in [0, 0.05) is 19.2 Å². The smallest absolute Gasteiger partial charge is 0.307 e. The highest BCUT2D eigenvalue weighted by Crippen LogP contribution is 2.41. The van der Waals surface area contributed by atoms with Crippen LogP contribution in [0, 0.1) is 11.8 Å². The molecule has 3 aliphatic rings. The third-order valence-electron chi connectivity index (χ3n) is 9.59. The van der Waals surface area contributed by atoms with Gasteiger partial charge in [0.2, 0.25) is 5.91 Å². The van der Waals surface area contributed by atoms with Gasteiger partial charge in [-0.25, -0.2) is 4.98 Å². The molecule has 0 bridgehead atoms. The van der Waals surface area contributed by atoms with Gasteiger partial charge in [0.05, 0.1) is 52.9 Å². The zero-order valence-corrected chi connectivity index (χ0v) is 25.0. The summed E-state index contributed by atoms with van der Waals surface area (Å²) in [5.41, 5.74) is 5.17. The Hall–Kier alpha value is -4.99. The van der Waals surface area contributed by atoms with Gasteiger partial charge in [-0.3, -0.25) is 24.1 Å². The van der Waals surface area contributed by atoms with Crippen LogP contribution < -0.4 is 4.74 Å². The number of rotatable bonds is 7. The average Bonchev–Trinajstić information content (AvgIpc) is 3.55. The number of imidazole rings is 1. The van der Waals surface area contributed by atoms with Crippen molar-refractivity contribution in [1.29, 1.82) is 0 Å². The lowest BCUT2D eigenvalue weighted by Gasteiger charge is -2.42. The zero-order valence-electron chi connectivity index (χ0n) is 25.0. The second-order valence-corrected chi connectivity index (χ2v) is 12.2. The highest BCUT2D eigenvalue weighted by Gasteiger charge is 2.45. The number of nitrogens with zero attached hydrogens (tertiary/aromatic N) is 4. The molecule has 1 saturated carbocycles. The number of aromatic nitrogens is 2. The predicted molar refractivity (Wildman–Crippen MR) is 165 cm³/mol. The number of carboxylic acid groups (broad SMARTS) is 1. The third kappa shape index (κ3) is 5.04. The van der Waals surface area contributed by atoms with Crippen molar-refractivity contribution in [1.82, 2.24) is 19.4 Å². The van der Waals surface area contributed by atoms with Crippen LogP contribution in [0.2, 0.25) is 0 Å². The number of carbonyl (C=O) groups excluding carboxylic acids is 3. The number of fused-ring (bicyclic) bond motifs is 3. The molecule has 3 atom stereocenters. The molecule has 0 unspecified atom stereocenters. The van der Waals surface area contributed by atoms with Gasteiger partial charge in [0.25, 0.3) is 11.8 Å². The van der Waals surface area contributed by atoms with E-state index in [0.717, 1.165) is 40.6 Å². The Bertz CT molecular complexity index is 1810. The molecule has 45 heavy (non-hydrogen) atoms. The van der Waals surface area contributed by atoms with E-state index < -0.39 is 35.7 Å². The Labute approximate surface area is 260 Å². The lowest BCUT2D eigenvalue weighted by Crippen LogP contribution is -2.50. The van der Waals surface area contributed by atoms with Gasteiger partial charge in [0.15, 0.2) is 0 Å². The summed E-state index contributed by atoms with van der Waals surface area (Å²) in [5.74, 6) is -2.88. The second kappa shape index (κ2) is 11.5. The summed E-state index contributed by atoms with van der Waals surface area (Å²) in [6, 6.07) is 17.7. The molecule has 3 heterocycles. The number of benzene rings is 3. The fraction of sp³-hybridized carbons (Fsp3) is 0.343. The number of hydrogen-bond donors (Lipinski definition) is 1. The van der Waals surface area contributed by atoms with Crippen LogP contribution in [-0.2, 0) is 29.7 Å². The number of carbonyl (C=O) groups is 4. The summed E-state index contributed by atoms with van der Waals surface area (Å²) in [4.78, 5) is 60.8. The van der Waals surface area contributed by atoms with Crippen LogP contribution in [0.5, 0.6) is 5.75 Å². The lowest BCUT2D eigenvalue weighted by molar-refractivity contribution is -0.153. The minimum atomic E-state index is -0.962. The van der Waals surface area contributed by atoms with Gasteiger partial charge in [-0.1, -0.05) is 43.2 Å². The van der Waals surface area contributed by atoms with Crippen molar-refractivity contribution in [3.8, 4) is 5.75 Å². The molecule has 10 heteroatoms. The Balaban J connectivity index is 1.25. The van der Waals surface area contributed by atoms with Crippen LogP contribution in [0.1, 0.15) is 69.1 Å². The van der Waals surface area contributed by atoms with Crippen molar-refractivity contribution in [3.63, 3.8) is 0 Å². The molecule has 4 aromatic rings. The van der Waals surface area contributed by atoms with E-state index >= 15 is 0 Å². The maximum atomic E-state index is 14.3. The third-order valence-corrected chi connectivity index (χ3v) is 9.59.